The molecule has 4 aromatic heterocycles. The molecule has 7 aromatic rings. The second-order valence-corrected chi connectivity index (χ2v) is 12.9. The molecule has 0 aliphatic heterocycles. The summed E-state index contributed by atoms with van der Waals surface area (Å²) in [6, 6.07) is 30.7. The fourth-order valence-electron chi connectivity index (χ4n) is 5.05. The molecule has 0 saturated heterocycles. The summed E-state index contributed by atoms with van der Waals surface area (Å²) in [4.78, 5) is 13.8. The molecule has 0 amide bonds. The van der Waals surface area contributed by atoms with Crippen LogP contribution in [0.5, 0.6) is 0 Å². The number of thiazole rings is 1. The molecular formula is C37H33IrN3OS-2. The third-order valence-electron chi connectivity index (χ3n) is 7.26. The second kappa shape index (κ2) is 12.5. The van der Waals surface area contributed by atoms with E-state index in [0.717, 1.165) is 55.0 Å². The van der Waals surface area contributed by atoms with Gasteiger partial charge in [0.15, 0.2) is 0 Å². The van der Waals surface area contributed by atoms with Crippen molar-refractivity contribution in [3.8, 4) is 22.5 Å². The standard InChI is InChI=1S/C26H25N2OS.C11H8N.Ir/c1-14(2)18-10-20(27-13-15(18)3)17-9-7-8-16-19-11-23-21(12-22(19)29-24(16)17)28-25(30-23)26(4,5)6;1-2-6-10(7-3-1)11-8-4-5-9-12-11;/h7-8,10-14H,1-6H3;1-6,8-9H;/q2*-1;. The van der Waals surface area contributed by atoms with Crippen molar-refractivity contribution in [3.63, 3.8) is 0 Å². The van der Waals surface area contributed by atoms with E-state index in [1.165, 1.54) is 15.8 Å². The molecule has 4 nitrogen and oxygen atoms in total. The van der Waals surface area contributed by atoms with Gasteiger partial charge >= 0.3 is 0 Å². The molecule has 0 unspecified atom stereocenters. The van der Waals surface area contributed by atoms with E-state index in [4.69, 9.17) is 14.4 Å². The molecule has 0 atom stereocenters. The van der Waals surface area contributed by atoms with Crippen LogP contribution in [0.25, 0.3) is 54.7 Å². The topological polar surface area (TPSA) is 51.8 Å². The molecule has 0 aliphatic carbocycles. The van der Waals surface area contributed by atoms with Gasteiger partial charge in [0.2, 0.25) is 0 Å². The average molecular weight is 760 g/mol. The van der Waals surface area contributed by atoms with Crippen LogP contribution >= 0.6 is 11.3 Å². The van der Waals surface area contributed by atoms with Crippen LogP contribution in [-0.2, 0) is 25.5 Å². The fourth-order valence-corrected chi connectivity index (χ4v) is 6.09. The van der Waals surface area contributed by atoms with Gasteiger partial charge in [0.05, 0.1) is 20.8 Å². The van der Waals surface area contributed by atoms with Gasteiger partial charge in [-0.15, -0.1) is 65.4 Å². The van der Waals surface area contributed by atoms with E-state index < -0.39 is 0 Å². The van der Waals surface area contributed by atoms with E-state index in [0.29, 0.717) is 5.92 Å². The summed E-state index contributed by atoms with van der Waals surface area (Å²) in [6.45, 7) is 13.1. The number of hydrogen-bond acceptors (Lipinski definition) is 5. The molecule has 0 fully saturated rings. The first-order chi connectivity index (χ1) is 20.2. The van der Waals surface area contributed by atoms with Crippen LogP contribution in [0, 0.1) is 19.1 Å². The minimum absolute atomic E-state index is 0. The Hall–Kier alpha value is -3.70. The summed E-state index contributed by atoms with van der Waals surface area (Å²) in [5.74, 6) is 0.441. The van der Waals surface area contributed by atoms with Crippen molar-refractivity contribution in [1.29, 1.82) is 0 Å². The Morgan fingerprint density at radius 1 is 0.860 bits per heavy atom. The number of furan rings is 1. The van der Waals surface area contributed by atoms with Crippen LogP contribution in [0.1, 0.15) is 56.7 Å². The molecular weight excluding hydrogens is 727 g/mol. The molecule has 6 heteroatoms. The molecule has 0 bridgehead atoms. The van der Waals surface area contributed by atoms with Crippen molar-refractivity contribution < 1.29 is 24.5 Å². The quantitative estimate of drug-likeness (QED) is 0.168. The number of hydrogen-bond donors (Lipinski definition) is 0. The van der Waals surface area contributed by atoms with Gasteiger partial charge in [0.1, 0.15) is 5.58 Å². The van der Waals surface area contributed by atoms with E-state index in [2.05, 4.69) is 82.9 Å². The predicted octanol–water partition coefficient (Wildman–Crippen LogP) is 10.3. The van der Waals surface area contributed by atoms with Crippen molar-refractivity contribution in [1.82, 2.24) is 15.0 Å². The van der Waals surface area contributed by atoms with Crippen LogP contribution in [0.3, 0.4) is 0 Å². The summed E-state index contributed by atoms with van der Waals surface area (Å²) in [6.07, 6.45) is 3.74. The van der Waals surface area contributed by atoms with Crippen molar-refractivity contribution in [2.75, 3.05) is 0 Å². The maximum atomic E-state index is 6.36. The molecule has 219 valence electrons. The van der Waals surface area contributed by atoms with Crippen LogP contribution in [-0.4, -0.2) is 15.0 Å². The molecule has 4 heterocycles. The minimum atomic E-state index is 0. The van der Waals surface area contributed by atoms with Gasteiger partial charge in [-0.05, 0) is 47.5 Å². The summed E-state index contributed by atoms with van der Waals surface area (Å²) in [5.41, 5.74) is 9.09. The van der Waals surface area contributed by atoms with E-state index in [1.807, 2.05) is 54.7 Å². The Morgan fingerprint density at radius 3 is 2.37 bits per heavy atom. The smallest absolute Gasteiger partial charge is 0.123 e. The number of aromatic nitrogens is 3. The zero-order valence-corrected chi connectivity index (χ0v) is 28.4. The molecule has 0 spiro atoms. The maximum Gasteiger partial charge on any atom is 0.123 e. The van der Waals surface area contributed by atoms with Gasteiger partial charge < -0.3 is 14.4 Å². The first-order valence-corrected chi connectivity index (χ1v) is 15.0. The van der Waals surface area contributed by atoms with Crippen molar-refractivity contribution in [3.05, 3.63) is 113 Å². The average Bonchev–Trinajstić information content (AvgIpc) is 3.58. The largest absolute Gasteiger partial charge is 0.501 e. The van der Waals surface area contributed by atoms with Crippen LogP contribution in [0.4, 0.5) is 0 Å². The molecule has 7 rings (SSSR count). The van der Waals surface area contributed by atoms with Crippen LogP contribution in [0.2, 0.25) is 0 Å². The summed E-state index contributed by atoms with van der Waals surface area (Å²) >= 11 is 1.77. The van der Waals surface area contributed by atoms with Gasteiger partial charge in [-0.25, -0.2) is 4.98 Å². The van der Waals surface area contributed by atoms with Gasteiger partial charge in [0, 0.05) is 49.4 Å². The predicted molar refractivity (Wildman–Crippen MR) is 175 cm³/mol. The molecule has 0 aliphatic rings. The van der Waals surface area contributed by atoms with E-state index in [9.17, 15) is 0 Å². The van der Waals surface area contributed by atoms with Gasteiger partial charge in [0.25, 0.3) is 0 Å². The van der Waals surface area contributed by atoms with Crippen LogP contribution in [0.15, 0.2) is 89.6 Å². The number of nitrogens with zero attached hydrogens (tertiary/aromatic N) is 3. The van der Waals surface area contributed by atoms with E-state index >= 15 is 0 Å². The summed E-state index contributed by atoms with van der Waals surface area (Å²) in [7, 11) is 0. The maximum absolute atomic E-state index is 6.36. The Labute approximate surface area is 270 Å². The first-order valence-electron chi connectivity index (χ1n) is 14.2. The number of benzene rings is 3. The zero-order chi connectivity index (χ0) is 29.4. The molecule has 43 heavy (non-hydrogen) atoms. The number of fused-ring (bicyclic) bond motifs is 4. The Morgan fingerprint density at radius 2 is 1.67 bits per heavy atom. The molecule has 1 radical (unpaired) electrons. The zero-order valence-electron chi connectivity index (χ0n) is 25.2. The van der Waals surface area contributed by atoms with Crippen molar-refractivity contribution >= 4 is 43.5 Å². The monoisotopic (exact) mass is 760 g/mol. The normalized spacial score (nSPS) is 11.5. The van der Waals surface area contributed by atoms with Crippen molar-refractivity contribution in [2.45, 2.75) is 52.9 Å². The summed E-state index contributed by atoms with van der Waals surface area (Å²) in [5, 5.41) is 3.36. The summed E-state index contributed by atoms with van der Waals surface area (Å²) < 4.78 is 7.56. The van der Waals surface area contributed by atoms with E-state index in [1.54, 1.807) is 17.5 Å². The van der Waals surface area contributed by atoms with Gasteiger partial charge in [-0.2, -0.15) is 0 Å². The minimum Gasteiger partial charge on any atom is -0.501 e. The second-order valence-electron chi connectivity index (χ2n) is 11.9. The van der Waals surface area contributed by atoms with E-state index in [-0.39, 0.29) is 25.5 Å². The molecule has 3 aromatic carbocycles. The number of rotatable bonds is 3. The molecule has 0 saturated carbocycles. The van der Waals surface area contributed by atoms with Gasteiger partial charge in [-0.3, -0.25) is 0 Å². The fraction of sp³-hybridized carbons (Fsp3) is 0.216. The first kappa shape index (κ1) is 30.7. The molecule has 0 N–H and O–H groups in total. The van der Waals surface area contributed by atoms with Crippen molar-refractivity contribution in [2.24, 2.45) is 0 Å². The Kier molecular flexibility index (Phi) is 8.94. The van der Waals surface area contributed by atoms with Crippen LogP contribution < -0.4 is 0 Å². The third kappa shape index (κ3) is 6.33. The Balaban J connectivity index is 0.000000238. The Bertz CT molecular complexity index is 1970. The number of pyridine rings is 2. The van der Waals surface area contributed by atoms with Gasteiger partial charge in [-0.1, -0.05) is 63.8 Å². The SMILES string of the molecule is Cc1cnc(-c2[c-]ccc3c2oc2cc4nc(C(C)(C)C)sc4cc23)cc1C(C)C.[Ir].[c-]1ccccc1-c1ccccn1. The third-order valence-corrected chi connectivity index (χ3v) is 8.70. The number of aryl methyl sites for hydroxylation is 1.